The van der Waals surface area contributed by atoms with Gasteiger partial charge in [-0.3, -0.25) is 19.7 Å². The van der Waals surface area contributed by atoms with Gasteiger partial charge >= 0.3 is 0 Å². The summed E-state index contributed by atoms with van der Waals surface area (Å²) in [4.78, 5) is 40.8. The number of ketones is 1. The first kappa shape index (κ1) is 28.3. The monoisotopic (exact) mass is 527 g/mol. The second kappa shape index (κ2) is 13.4. The minimum absolute atomic E-state index is 0.0687. The number of hydrogen-bond acceptors (Lipinski definition) is 6. The zero-order chi connectivity index (χ0) is 26.9. The van der Waals surface area contributed by atoms with Crippen molar-refractivity contribution in [3.8, 4) is 0 Å². The Morgan fingerprint density at radius 1 is 1.00 bits per heavy atom. The molecular formula is C28H34ClN3O5. The van der Waals surface area contributed by atoms with Crippen molar-refractivity contribution >= 4 is 34.7 Å². The standard InChI is InChI=1S/C28H34ClN3O5/c1-3-5-16-30(17-6-4-2)18-9-19-31-25(22-10-7-8-11-23(22)29)24(27(34)28(31)35)26(33)20-12-14-21(15-13-20)32(36)37/h7-8,10-15,25,33H,3-6,9,16-19H2,1-2H3/t25-/m1/s1. The van der Waals surface area contributed by atoms with Crippen LogP contribution in [0.2, 0.25) is 5.02 Å². The van der Waals surface area contributed by atoms with Crippen LogP contribution in [0.15, 0.2) is 54.1 Å². The number of aliphatic hydroxyl groups excluding tert-OH is 1. The Hall–Kier alpha value is -3.23. The summed E-state index contributed by atoms with van der Waals surface area (Å²) in [6.45, 7) is 7.41. The summed E-state index contributed by atoms with van der Waals surface area (Å²) in [6.07, 6.45) is 5.07. The molecule has 0 spiro atoms. The number of nitrogens with zero attached hydrogens (tertiary/aromatic N) is 3. The van der Waals surface area contributed by atoms with E-state index in [1.54, 1.807) is 24.3 Å². The van der Waals surface area contributed by atoms with E-state index in [1.807, 2.05) is 0 Å². The summed E-state index contributed by atoms with van der Waals surface area (Å²) in [5.41, 5.74) is 0.544. The lowest BCUT2D eigenvalue weighted by molar-refractivity contribution is -0.384. The molecule has 1 aliphatic heterocycles. The number of aliphatic hydroxyl groups is 1. The molecule has 1 saturated heterocycles. The van der Waals surface area contributed by atoms with E-state index in [0.29, 0.717) is 23.6 Å². The van der Waals surface area contributed by atoms with Crippen LogP contribution in [0.25, 0.3) is 5.76 Å². The minimum Gasteiger partial charge on any atom is -0.507 e. The number of halogens is 1. The molecule has 0 aliphatic carbocycles. The van der Waals surface area contributed by atoms with E-state index >= 15 is 0 Å². The number of likely N-dealkylation sites (tertiary alicyclic amines) is 1. The van der Waals surface area contributed by atoms with Gasteiger partial charge in [0.25, 0.3) is 17.4 Å². The molecule has 37 heavy (non-hydrogen) atoms. The summed E-state index contributed by atoms with van der Waals surface area (Å²) in [5, 5.41) is 22.5. The predicted molar refractivity (Wildman–Crippen MR) is 144 cm³/mol. The van der Waals surface area contributed by atoms with Crippen molar-refractivity contribution < 1.29 is 19.6 Å². The molecule has 0 radical (unpaired) electrons. The van der Waals surface area contributed by atoms with Gasteiger partial charge in [0.05, 0.1) is 16.5 Å². The second-order valence-electron chi connectivity index (χ2n) is 9.22. The van der Waals surface area contributed by atoms with E-state index in [0.717, 1.165) is 45.3 Å². The number of carbonyl (C=O) groups is 2. The van der Waals surface area contributed by atoms with Crippen molar-refractivity contribution in [1.29, 1.82) is 0 Å². The second-order valence-corrected chi connectivity index (χ2v) is 9.63. The molecule has 9 heteroatoms. The SMILES string of the molecule is CCCCN(CCCC)CCCN1C(=O)C(=O)C(=C(O)c2ccc([N+](=O)[O-])cc2)[C@H]1c1ccccc1Cl. The number of benzene rings is 2. The average molecular weight is 528 g/mol. The van der Waals surface area contributed by atoms with Gasteiger partial charge < -0.3 is 14.9 Å². The lowest BCUT2D eigenvalue weighted by Crippen LogP contribution is -2.34. The molecule has 0 aromatic heterocycles. The molecule has 1 atom stereocenters. The molecule has 2 aromatic rings. The van der Waals surface area contributed by atoms with Crippen molar-refractivity contribution in [2.75, 3.05) is 26.2 Å². The number of non-ortho nitro benzene ring substituents is 1. The van der Waals surface area contributed by atoms with Crippen molar-refractivity contribution in [2.24, 2.45) is 0 Å². The molecule has 1 aliphatic rings. The van der Waals surface area contributed by atoms with E-state index < -0.39 is 22.7 Å². The molecule has 0 saturated carbocycles. The van der Waals surface area contributed by atoms with Crippen LogP contribution in [0.1, 0.15) is 63.1 Å². The van der Waals surface area contributed by atoms with Crippen LogP contribution in [-0.4, -0.2) is 57.7 Å². The maximum atomic E-state index is 13.2. The Bertz CT molecular complexity index is 1140. The number of unbranched alkanes of at least 4 members (excludes halogenated alkanes) is 2. The van der Waals surface area contributed by atoms with Gasteiger partial charge in [0.2, 0.25) is 0 Å². The van der Waals surface area contributed by atoms with Crippen molar-refractivity contribution in [3.05, 3.63) is 80.4 Å². The third-order valence-corrected chi connectivity index (χ3v) is 6.96. The maximum Gasteiger partial charge on any atom is 0.295 e. The third-order valence-electron chi connectivity index (χ3n) is 6.62. The Kier molecular flexibility index (Phi) is 10.2. The highest BCUT2D eigenvalue weighted by Crippen LogP contribution is 2.41. The van der Waals surface area contributed by atoms with E-state index in [9.17, 15) is 24.8 Å². The largest absolute Gasteiger partial charge is 0.507 e. The number of rotatable bonds is 13. The zero-order valence-electron chi connectivity index (χ0n) is 21.4. The molecule has 1 N–H and O–H groups in total. The number of carbonyl (C=O) groups excluding carboxylic acids is 2. The highest BCUT2D eigenvalue weighted by molar-refractivity contribution is 6.47. The van der Waals surface area contributed by atoms with Crippen molar-refractivity contribution in [1.82, 2.24) is 9.80 Å². The average Bonchev–Trinajstić information content (AvgIpc) is 3.14. The normalized spacial score (nSPS) is 17.1. The number of nitro benzene ring substituents is 1. The fraction of sp³-hybridized carbons (Fsp3) is 0.429. The summed E-state index contributed by atoms with van der Waals surface area (Å²) in [5.74, 6) is -1.87. The molecule has 1 amide bonds. The Morgan fingerprint density at radius 3 is 2.16 bits per heavy atom. The highest BCUT2D eigenvalue weighted by Gasteiger charge is 2.46. The van der Waals surface area contributed by atoms with Crippen molar-refractivity contribution in [3.63, 3.8) is 0 Å². The van der Waals surface area contributed by atoms with E-state index in [4.69, 9.17) is 11.6 Å². The van der Waals surface area contributed by atoms with Crippen LogP contribution in [0.4, 0.5) is 5.69 Å². The van der Waals surface area contributed by atoms with Gasteiger partial charge in [-0.1, -0.05) is 56.5 Å². The fourth-order valence-corrected chi connectivity index (χ4v) is 4.83. The van der Waals surface area contributed by atoms with Crippen LogP contribution in [0, 0.1) is 10.1 Å². The number of hydrogen-bond donors (Lipinski definition) is 1. The van der Waals surface area contributed by atoms with Crippen LogP contribution in [0.3, 0.4) is 0 Å². The summed E-state index contributed by atoms with van der Waals surface area (Å²) < 4.78 is 0. The summed E-state index contributed by atoms with van der Waals surface area (Å²) >= 11 is 6.50. The molecule has 8 nitrogen and oxygen atoms in total. The molecular weight excluding hydrogens is 494 g/mol. The van der Waals surface area contributed by atoms with E-state index in [1.165, 1.54) is 29.2 Å². The maximum absolute atomic E-state index is 13.2. The first-order chi connectivity index (χ1) is 17.8. The minimum atomic E-state index is -0.858. The van der Waals surface area contributed by atoms with Gasteiger partial charge in [-0.15, -0.1) is 0 Å². The van der Waals surface area contributed by atoms with Gasteiger partial charge in [0.15, 0.2) is 0 Å². The smallest absolute Gasteiger partial charge is 0.295 e. The third kappa shape index (κ3) is 6.76. The van der Waals surface area contributed by atoms with E-state index in [-0.39, 0.29) is 22.6 Å². The first-order valence-electron chi connectivity index (χ1n) is 12.8. The van der Waals surface area contributed by atoms with Crippen LogP contribution < -0.4 is 0 Å². The molecule has 0 bridgehead atoms. The molecule has 2 aromatic carbocycles. The summed E-state index contributed by atoms with van der Waals surface area (Å²) in [7, 11) is 0. The fourth-order valence-electron chi connectivity index (χ4n) is 4.59. The van der Waals surface area contributed by atoms with Crippen LogP contribution in [-0.2, 0) is 9.59 Å². The zero-order valence-corrected chi connectivity index (χ0v) is 22.1. The molecule has 3 rings (SSSR count). The molecule has 198 valence electrons. The Balaban J connectivity index is 1.94. The number of Topliss-reactive ketones (excluding diaryl/α,β-unsaturated/α-hetero) is 1. The lowest BCUT2D eigenvalue weighted by atomic mass is 9.95. The van der Waals surface area contributed by atoms with Crippen LogP contribution in [0.5, 0.6) is 0 Å². The molecule has 1 fully saturated rings. The lowest BCUT2D eigenvalue weighted by Gasteiger charge is -2.28. The number of amides is 1. The van der Waals surface area contributed by atoms with Crippen LogP contribution >= 0.6 is 11.6 Å². The summed E-state index contributed by atoms with van der Waals surface area (Å²) in [6, 6.07) is 11.3. The Morgan fingerprint density at radius 2 is 1.59 bits per heavy atom. The number of nitro groups is 1. The van der Waals surface area contributed by atoms with Gasteiger partial charge in [-0.05, 0) is 62.7 Å². The van der Waals surface area contributed by atoms with Gasteiger partial charge in [0, 0.05) is 29.3 Å². The van der Waals surface area contributed by atoms with Gasteiger partial charge in [0.1, 0.15) is 5.76 Å². The topological polar surface area (TPSA) is 104 Å². The van der Waals surface area contributed by atoms with Gasteiger partial charge in [-0.25, -0.2) is 0 Å². The Labute approximate surface area is 222 Å². The predicted octanol–water partition coefficient (Wildman–Crippen LogP) is 5.96. The van der Waals surface area contributed by atoms with Gasteiger partial charge in [-0.2, -0.15) is 0 Å². The highest BCUT2D eigenvalue weighted by atomic mass is 35.5. The van der Waals surface area contributed by atoms with Crippen molar-refractivity contribution in [2.45, 2.75) is 52.0 Å². The van der Waals surface area contributed by atoms with E-state index in [2.05, 4.69) is 18.7 Å². The molecule has 1 heterocycles. The first-order valence-corrected chi connectivity index (χ1v) is 13.2. The quantitative estimate of drug-likeness (QED) is 0.113. The molecule has 0 unspecified atom stereocenters.